The number of nitrogens with zero attached hydrogens (tertiary/aromatic N) is 1. The zero-order chi connectivity index (χ0) is 13.3. The highest BCUT2D eigenvalue weighted by Crippen LogP contribution is 2.24. The summed E-state index contributed by atoms with van der Waals surface area (Å²) in [6, 6.07) is 9.78. The second-order valence-electron chi connectivity index (χ2n) is 4.97. The van der Waals surface area contributed by atoms with Gasteiger partial charge in [-0.2, -0.15) is 0 Å². The van der Waals surface area contributed by atoms with Crippen LogP contribution in [-0.2, 0) is 9.84 Å². The van der Waals surface area contributed by atoms with E-state index in [1.165, 1.54) is 0 Å². The van der Waals surface area contributed by atoms with Crippen LogP contribution in [0.1, 0.15) is 12.8 Å². The second kappa shape index (κ2) is 4.81. The number of para-hydroxylation sites is 1. The van der Waals surface area contributed by atoms with Gasteiger partial charge < -0.3 is 5.32 Å². The molecule has 1 aromatic heterocycles. The van der Waals surface area contributed by atoms with Crippen LogP contribution in [0.3, 0.4) is 0 Å². The van der Waals surface area contributed by atoms with Gasteiger partial charge in [0.15, 0.2) is 9.84 Å². The summed E-state index contributed by atoms with van der Waals surface area (Å²) >= 11 is 0. The molecule has 1 atom stereocenters. The Morgan fingerprint density at radius 2 is 2.05 bits per heavy atom. The number of benzene rings is 1. The average molecular weight is 276 g/mol. The summed E-state index contributed by atoms with van der Waals surface area (Å²) in [6.07, 6.45) is 3.39. The number of nitrogens with one attached hydrogen (secondary N) is 1. The molecule has 1 fully saturated rings. The van der Waals surface area contributed by atoms with Crippen molar-refractivity contribution in [1.82, 2.24) is 4.98 Å². The average Bonchev–Trinajstić information content (AvgIpc) is 2.38. The number of hydrogen-bond donors (Lipinski definition) is 1. The summed E-state index contributed by atoms with van der Waals surface area (Å²) in [5.74, 6) is 0.548. The topological polar surface area (TPSA) is 59.1 Å². The molecule has 1 unspecified atom stereocenters. The summed E-state index contributed by atoms with van der Waals surface area (Å²) in [6.45, 7) is 0. The number of anilines is 1. The van der Waals surface area contributed by atoms with Crippen molar-refractivity contribution in [2.75, 3.05) is 16.8 Å². The van der Waals surface area contributed by atoms with Gasteiger partial charge in [0, 0.05) is 23.3 Å². The minimum Gasteiger partial charge on any atom is -0.381 e. The fraction of sp³-hybridized carbons (Fsp3) is 0.357. The molecule has 0 radical (unpaired) electrons. The molecule has 19 heavy (non-hydrogen) atoms. The number of fused-ring (bicyclic) bond motifs is 1. The van der Waals surface area contributed by atoms with Crippen molar-refractivity contribution in [2.45, 2.75) is 18.9 Å². The summed E-state index contributed by atoms with van der Waals surface area (Å²) < 4.78 is 23.3. The largest absolute Gasteiger partial charge is 0.381 e. The van der Waals surface area contributed by atoms with Crippen molar-refractivity contribution in [3.8, 4) is 0 Å². The standard InChI is InChI=1S/C14H16N2O2S/c17-19(18)9-3-4-11(10-19)16-14-7-8-15-13-6-2-1-5-12(13)14/h1-2,5-8,11H,3-4,9-10H2,(H,15,16). The van der Waals surface area contributed by atoms with Gasteiger partial charge in [0.05, 0.1) is 17.0 Å². The highest BCUT2D eigenvalue weighted by molar-refractivity contribution is 7.91. The number of hydrogen-bond acceptors (Lipinski definition) is 4. The summed E-state index contributed by atoms with van der Waals surface area (Å²) in [4.78, 5) is 4.31. The molecule has 1 aliphatic heterocycles. The molecule has 2 heterocycles. The molecule has 3 rings (SSSR count). The SMILES string of the molecule is O=S1(=O)CCCC(Nc2ccnc3ccccc23)C1. The van der Waals surface area contributed by atoms with Crippen molar-refractivity contribution in [2.24, 2.45) is 0 Å². The third kappa shape index (κ3) is 2.71. The molecule has 4 nitrogen and oxygen atoms in total. The van der Waals surface area contributed by atoms with Crippen LogP contribution in [0.15, 0.2) is 36.5 Å². The van der Waals surface area contributed by atoms with Gasteiger partial charge in [-0.3, -0.25) is 4.98 Å². The Morgan fingerprint density at radius 3 is 2.89 bits per heavy atom. The quantitative estimate of drug-likeness (QED) is 0.913. The number of pyridine rings is 1. The highest BCUT2D eigenvalue weighted by atomic mass is 32.2. The van der Waals surface area contributed by atoms with Crippen molar-refractivity contribution >= 4 is 26.4 Å². The first kappa shape index (κ1) is 12.4. The van der Waals surface area contributed by atoms with E-state index in [-0.39, 0.29) is 11.8 Å². The van der Waals surface area contributed by atoms with E-state index >= 15 is 0 Å². The van der Waals surface area contributed by atoms with Gasteiger partial charge in [-0.05, 0) is 25.0 Å². The maximum absolute atomic E-state index is 11.7. The molecular weight excluding hydrogens is 260 g/mol. The molecule has 1 saturated heterocycles. The first-order valence-corrected chi connectivity index (χ1v) is 8.27. The molecule has 0 amide bonds. The van der Waals surface area contributed by atoms with Crippen molar-refractivity contribution in [1.29, 1.82) is 0 Å². The molecule has 5 heteroatoms. The zero-order valence-corrected chi connectivity index (χ0v) is 11.4. The lowest BCUT2D eigenvalue weighted by Crippen LogP contribution is -2.34. The van der Waals surface area contributed by atoms with Crippen molar-refractivity contribution in [3.05, 3.63) is 36.5 Å². The Kier molecular flexibility index (Phi) is 3.14. The number of rotatable bonds is 2. The second-order valence-corrected chi connectivity index (χ2v) is 7.20. The molecule has 2 aromatic rings. The number of sulfone groups is 1. The fourth-order valence-corrected chi connectivity index (χ4v) is 4.21. The fourth-order valence-electron chi connectivity index (χ4n) is 2.58. The lowest BCUT2D eigenvalue weighted by atomic mass is 10.1. The zero-order valence-electron chi connectivity index (χ0n) is 10.5. The molecular formula is C14H16N2O2S. The minimum absolute atomic E-state index is 0.00422. The van der Waals surface area contributed by atoms with Crippen LogP contribution in [0.5, 0.6) is 0 Å². The molecule has 0 bridgehead atoms. The normalized spacial score (nSPS) is 22.2. The van der Waals surface area contributed by atoms with Gasteiger partial charge in [0.1, 0.15) is 0 Å². The van der Waals surface area contributed by atoms with E-state index in [1.807, 2.05) is 30.3 Å². The Labute approximate surface area is 112 Å². The first-order chi connectivity index (χ1) is 9.14. The van der Waals surface area contributed by atoms with E-state index in [1.54, 1.807) is 6.20 Å². The van der Waals surface area contributed by atoms with Gasteiger partial charge in [-0.15, -0.1) is 0 Å². The Morgan fingerprint density at radius 1 is 1.21 bits per heavy atom. The minimum atomic E-state index is -2.88. The molecule has 100 valence electrons. The summed E-state index contributed by atoms with van der Waals surface area (Å²) in [5, 5.41) is 4.40. The van der Waals surface area contributed by atoms with Crippen LogP contribution < -0.4 is 5.32 Å². The van der Waals surface area contributed by atoms with Crippen LogP contribution in [0.25, 0.3) is 10.9 Å². The summed E-state index contributed by atoms with van der Waals surface area (Å²) in [7, 11) is -2.88. The molecule has 0 saturated carbocycles. The lowest BCUT2D eigenvalue weighted by molar-refractivity contribution is 0.562. The van der Waals surface area contributed by atoms with Crippen LogP contribution in [0.2, 0.25) is 0 Å². The predicted molar refractivity (Wildman–Crippen MR) is 77.0 cm³/mol. The maximum Gasteiger partial charge on any atom is 0.152 e. The highest BCUT2D eigenvalue weighted by Gasteiger charge is 2.24. The van der Waals surface area contributed by atoms with E-state index in [0.29, 0.717) is 5.75 Å². The molecule has 1 aromatic carbocycles. The van der Waals surface area contributed by atoms with E-state index in [0.717, 1.165) is 29.4 Å². The third-order valence-corrected chi connectivity index (χ3v) is 5.29. The Balaban J connectivity index is 1.89. The van der Waals surface area contributed by atoms with Crippen LogP contribution in [-0.4, -0.2) is 30.9 Å². The molecule has 0 spiro atoms. The monoisotopic (exact) mass is 276 g/mol. The van der Waals surface area contributed by atoms with E-state index < -0.39 is 9.84 Å². The van der Waals surface area contributed by atoms with Crippen molar-refractivity contribution in [3.63, 3.8) is 0 Å². The smallest absolute Gasteiger partial charge is 0.152 e. The van der Waals surface area contributed by atoms with E-state index in [9.17, 15) is 8.42 Å². The number of aromatic nitrogens is 1. The molecule has 1 N–H and O–H groups in total. The van der Waals surface area contributed by atoms with Gasteiger partial charge in [-0.25, -0.2) is 8.42 Å². The van der Waals surface area contributed by atoms with Gasteiger partial charge >= 0.3 is 0 Å². The van der Waals surface area contributed by atoms with E-state index in [2.05, 4.69) is 10.3 Å². The van der Waals surface area contributed by atoms with Gasteiger partial charge in [-0.1, -0.05) is 18.2 Å². The maximum atomic E-state index is 11.7. The Bertz CT molecular complexity index is 692. The van der Waals surface area contributed by atoms with Crippen LogP contribution >= 0.6 is 0 Å². The van der Waals surface area contributed by atoms with E-state index in [4.69, 9.17) is 0 Å². The summed E-state index contributed by atoms with van der Waals surface area (Å²) in [5.41, 5.74) is 1.89. The molecule has 1 aliphatic rings. The van der Waals surface area contributed by atoms with Gasteiger partial charge in [0.25, 0.3) is 0 Å². The first-order valence-electron chi connectivity index (χ1n) is 6.45. The third-order valence-electron chi connectivity index (χ3n) is 3.47. The molecule has 0 aliphatic carbocycles. The van der Waals surface area contributed by atoms with Crippen LogP contribution in [0, 0.1) is 0 Å². The Hall–Kier alpha value is -1.62. The van der Waals surface area contributed by atoms with Gasteiger partial charge in [0.2, 0.25) is 0 Å². The lowest BCUT2D eigenvalue weighted by Gasteiger charge is -2.24. The van der Waals surface area contributed by atoms with Crippen LogP contribution in [0.4, 0.5) is 5.69 Å². The predicted octanol–water partition coefficient (Wildman–Crippen LogP) is 2.22. The van der Waals surface area contributed by atoms with Crippen molar-refractivity contribution < 1.29 is 8.42 Å².